The van der Waals surface area contributed by atoms with Gasteiger partial charge in [-0.15, -0.1) is 5.10 Å². The fourth-order valence-corrected chi connectivity index (χ4v) is 1.30. The zero-order valence-corrected chi connectivity index (χ0v) is 9.15. The van der Waals surface area contributed by atoms with Crippen LogP contribution in [0.3, 0.4) is 0 Å². The number of aryl methyl sites for hydroxylation is 1. The number of nitrogens with zero attached hydrogens (tertiary/aromatic N) is 3. The van der Waals surface area contributed by atoms with E-state index in [4.69, 9.17) is 0 Å². The van der Waals surface area contributed by atoms with Gasteiger partial charge in [0.05, 0.1) is 11.8 Å². The Morgan fingerprint density at radius 3 is 2.64 bits per heavy atom. The molecule has 1 N–H and O–H groups in total. The first-order chi connectivity index (χ1) is 6.38. The minimum absolute atomic E-state index is 0.533. The Labute approximate surface area is 84.6 Å². The first-order valence-corrected chi connectivity index (χ1v) is 4.61. The molecule has 1 aromatic rings. The molecule has 0 atom stereocenters. The van der Waals surface area contributed by atoms with Crippen molar-refractivity contribution in [2.45, 2.75) is 26.4 Å². The molecule has 0 aliphatic heterocycles. The summed E-state index contributed by atoms with van der Waals surface area (Å²) in [6.07, 6.45) is 1.71. The highest BCUT2D eigenvalue weighted by molar-refractivity contribution is 5.38. The molecule has 0 spiro atoms. The maximum Gasteiger partial charge on any atom is 0.151 e. The fourth-order valence-electron chi connectivity index (χ4n) is 1.30. The van der Waals surface area contributed by atoms with Crippen LogP contribution in [0.1, 0.15) is 19.4 Å². The Hall–Kier alpha value is -1.16. The minimum Gasteiger partial charge on any atom is -0.389 e. The second-order valence-electron chi connectivity index (χ2n) is 4.26. The van der Waals surface area contributed by atoms with E-state index in [-0.39, 0.29) is 0 Å². The summed E-state index contributed by atoms with van der Waals surface area (Å²) in [5.41, 5.74) is 0.345. The highest BCUT2D eigenvalue weighted by Gasteiger charge is 2.16. The third-order valence-corrected chi connectivity index (χ3v) is 1.79. The largest absolute Gasteiger partial charge is 0.389 e. The van der Waals surface area contributed by atoms with Crippen LogP contribution in [0, 0.1) is 6.92 Å². The van der Waals surface area contributed by atoms with Crippen LogP contribution >= 0.6 is 0 Å². The molecule has 0 aromatic carbocycles. The van der Waals surface area contributed by atoms with E-state index >= 15 is 0 Å². The highest BCUT2D eigenvalue weighted by Crippen LogP contribution is 2.12. The summed E-state index contributed by atoms with van der Waals surface area (Å²) >= 11 is 0. The number of aromatic nitrogens is 2. The first kappa shape index (κ1) is 10.9. The summed E-state index contributed by atoms with van der Waals surface area (Å²) in [6.45, 7) is 6.04. The molecule has 0 saturated heterocycles. The van der Waals surface area contributed by atoms with Crippen LogP contribution in [0.25, 0.3) is 0 Å². The third-order valence-electron chi connectivity index (χ3n) is 1.79. The molecule has 4 heteroatoms. The summed E-state index contributed by atoms with van der Waals surface area (Å²) in [6, 6.07) is 1.94. The lowest BCUT2D eigenvalue weighted by molar-refractivity contribution is 0.0884. The van der Waals surface area contributed by atoms with Crippen molar-refractivity contribution in [3.05, 3.63) is 17.8 Å². The van der Waals surface area contributed by atoms with Gasteiger partial charge in [0.2, 0.25) is 0 Å². The van der Waals surface area contributed by atoms with Gasteiger partial charge in [0, 0.05) is 13.6 Å². The van der Waals surface area contributed by atoms with E-state index in [2.05, 4.69) is 10.2 Å². The molecule has 0 bridgehead atoms. The molecule has 14 heavy (non-hydrogen) atoms. The molecule has 1 heterocycles. The van der Waals surface area contributed by atoms with E-state index in [0.717, 1.165) is 11.4 Å². The number of rotatable bonds is 3. The standard InChI is InChI=1S/C10H17N3O/c1-8-5-9(12-11-6-8)13(4)7-10(2,3)14/h5-6,14H,7H2,1-4H3. The van der Waals surface area contributed by atoms with Crippen LogP contribution in [0.15, 0.2) is 12.3 Å². The van der Waals surface area contributed by atoms with Gasteiger partial charge < -0.3 is 10.0 Å². The normalized spacial score (nSPS) is 11.5. The van der Waals surface area contributed by atoms with E-state index in [1.54, 1.807) is 20.0 Å². The van der Waals surface area contributed by atoms with Crippen molar-refractivity contribution in [2.24, 2.45) is 0 Å². The summed E-state index contributed by atoms with van der Waals surface area (Å²) in [4.78, 5) is 1.89. The molecule has 1 rings (SSSR count). The zero-order valence-electron chi connectivity index (χ0n) is 9.15. The Bertz CT molecular complexity index is 306. The van der Waals surface area contributed by atoms with Gasteiger partial charge in [0.1, 0.15) is 0 Å². The molecule has 0 aliphatic carbocycles. The van der Waals surface area contributed by atoms with Crippen molar-refractivity contribution < 1.29 is 5.11 Å². The number of hydrogen-bond acceptors (Lipinski definition) is 4. The second kappa shape index (κ2) is 3.92. The molecule has 0 amide bonds. The maximum absolute atomic E-state index is 9.63. The van der Waals surface area contributed by atoms with Crippen LogP contribution in [-0.2, 0) is 0 Å². The minimum atomic E-state index is -0.722. The lowest BCUT2D eigenvalue weighted by atomic mass is 10.1. The lowest BCUT2D eigenvalue weighted by Gasteiger charge is -2.25. The molecule has 0 unspecified atom stereocenters. The number of likely N-dealkylation sites (N-methyl/N-ethyl adjacent to an activating group) is 1. The van der Waals surface area contributed by atoms with Gasteiger partial charge in [-0.1, -0.05) is 0 Å². The predicted octanol–water partition coefficient (Wildman–Crippen LogP) is 0.992. The Balaban J connectivity index is 2.74. The van der Waals surface area contributed by atoms with Gasteiger partial charge in [-0.05, 0) is 32.4 Å². The zero-order chi connectivity index (χ0) is 10.8. The number of hydrogen-bond donors (Lipinski definition) is 1. The number of anilines is 1. The summed E-state index contributed by atoms with van der Waals surface area (Å²) in [5.74, 6) is 0.784. The Kier molecular flexibility index (Phi) is 3.06. The SMILES string of the molecule is Cc1cnnc(N(C)CC(C)(C)O)c1. The van der Waals surface area contributed by atoms with Crippen LogP contribution in [0.5, 0.6) is 0 Å². The molecular formula is C10H17N3O. The van der Waals surface area contributed by atoms with Gasteiger partial charge in [0.25, 0.3) is 0 Å². The van der Waals surface area contributed by atoms with E-state index in [1.165, 1.54) is 0 Å². The van der Waals surface area contributed by atoms with E-state index in [9.17, 15) is 5.11 Å². The van der Waals surface area contributed by atoms with Crippen molar-refractivity contribution in [1.29, 1.82) is 0 Å². The van der Waals surface area contributed by atoms with Gasteiger partial charge in [0.15, 0.2) is 5.82 Å². The van der Waals surface area contributed by atoms with Crippen molar-refractivity contribution in [2.75, 3.05) is 18.5 Å². The smallest absolute Gasteiger partial charge is 0.151 e. The van der Waals surface area contributed by atoms with Crippen molar-refractivity contribution in [3.8, 4) is 0 Å². The van der Waals surface area contributed by atoms with Crippen molar-refractivity contribution in [3.63, 3.8) is 0 Å². The van der Waals surface area contributed by atoms with E-state index < -0.39 is 5.60 Å². The first-order valence-electron chi connectivity index (χ1n) is 4.61. The molecule has 0 radical (unpaired) electrons. The predicted molar refractivity (Wildman–Crippen MR) is 56.3 cm³/mol. The molecule has 4 nitrogen and oxygen atoms in total. The Morgan fingerprint density at radius 2 is 2.14 bits per heavy atom. The summed E-state index contributed by atoms with van der Waals surface area (Å²) in [5, 5.41) is 17.5. The van der Waals surface area contributed by atoms with E-state index in [1.807, 2.05) is 24.9 Å². The summed E-state index contributed by atoms with van der Waals surface area (Å²) < 4.78 is 0. The molecule has 0 fully saturated rings. The molecule has 0 saturated carbocycles. The lowest BCUT2D eigenvalue weighted by Crippen LogP contribution is -2.36. The molecule has 78 valence electrons. The van der Waals surface area contributed by atoms with Crippen LogP contribution in [-0.4, -0.2) is 34.5 Å². The monoisotopic (exact) mass is 195 g/mol. The summed E-state index contributed by atoms with van der Waals surface area (Å²) in [7, 11) is 1.89. The molecule has 1 aromatic heterocycles. The molecule has 0 aliphatic rings. The topological polar surface area (TPSA) is 49.2 Å². The van der Waals surface area contributed by atoms with Crippen molar-refractivity contribution in [1.82, 2.24) is 10.2 Å². The highest BCUT2D eigenvalue weighted by atomic mass is 16.3. The average molecular weight is 195 g/mol. The van der Waals surface area contributed by atoms with Crippen LogP contribution < -0.4 is 4.90 Å². The van der Waals surface area contributed by atoms with Gasteiger partial charge in [-0.2, -0.15) is 5.10 Å². The molecular weight excluding hydrogens is 178 g/mol. The van der Waals surface area contributed by atoms with Gasteiger partial charge >= 0.3 is 0 Å². The maximum atomic E-state index is 9.63. The third kappa shape index (κ3) is 3.30. The second-order valence-corrected chi connectivity index (χ2v) is 4.26. The van der Waals surface area contributed by atoms with Crippen LogP contribution in [0.4, 0.5) is 5.82 Å². The Morgan fingerprint density at radius 1 is 1.50 bits per heavy atom. The quantitative estimate of drug-likeness (QED) is 0.781. The number of aliphatic hydroxyl groups is 1. The van der Waals surface area contributed by atoms with E-state index in [0.29, 0.717) is 6.54 Å². The average Bonchev–Trinajstić information content (AvgIpc) is 2.01. The van der Waals surface area contributed by atoms with Gasteiger partial charge in [-0.25, -0.2) is 0 Å². The van der Waals surface area contributed by atoms with Crippen LogP contribution in [0.2, 0.25) is 0 Å². The van der Waals surface area contributed by atoms with Crippen molar-refractivity contribution >= 4 is 5.82 Å². The fraction of sp³-hybridized carbons (Fsp3) is 0.600. The van der Waals surface area contributed by atoms with Gasteiger partial charge in [-0.3, -0.25) is 0 Å².